The van der Waals surface area contributed by atoms with Crippen LogP contribution in [0.3, 0.4) is 0 Å². The molecule has 1 N–H and O–H groups in total. The van der Waals surface area contributed by atoms with Gasteiger partial charge in [0.05, 0.1) is 18.2 Å². The summed E-state index contributed by atoms with van der Waals surface area (Å²) in [6, 6.07) is 13.6. The van der Waals surface area contributed by atoms with Crippen LogP contribution in [0.4, 0.5) is 0 Å². The summed E-state index contributed by atoms with van der Waals surface area (Å²) < 4.78 is 1.90. The third-order valence-electron chi connectivity index (χ3n) is 2.15. The van der Waals surface area contributed by atoms with E-state index >= 15 is 0 Å². The van der Waals surface area contributed by atoms with Gasteiger partial charge in [0, 0.05) is 12.4 Å². The number of hydrogen-bond acceptors (Lipinski definition) is 2. The zero-order valence-corrected chi connectivity index (χ0v) is 8.22. The molecule has 0 saturated carbocycles. The summed E-state index contributed by atoms with van der Waals surface area (Å²) in [5.41, 5.74) is 5.06. The minimum Gasteiger partial charge on any atom is -0.322 e. The van der Waals surface area contributed by atoms with Crippen LogP contribution in [0.2, 0.25) is 0 Å². The fourth-order valence-corrected chi connectivity index (χ4v) is 1.32. The molecule has 0 unspecified atom stereocenters. The molecule has 2 rings (SSSR count). The highest BCUT2D eigenvalue weighted by molar-refractivity contribution is 5.31. The van der Waals surface area contributed by atoms with Crippen molar-refractivity contribution >= 4 is 0 Å². The van der Waals surface area contributed by atoms with Gasteiger partial charge in [-0.05, 0) is 29.8 Å². The second-order valence-electron chi connectivity index (χ2n) is 3.23. The molecule has 0 aliphatic carbocycles. The normalized spacial score (nSPS) is 9.53. The van der Waals surface area contributed by atoms with E-state index in [1.807, 2.05) is 53.5 Å². The molecule has 0 bridgehead atoms. The van der Waals surface area contributed by atoms with Gasteiger partial charge in [0.2, 0.25) is 0 Å². The monoisotopic (exact) mass is 197 g/mol. The van der Waals surface area contributed by atoms with E-state index in [0.717, 1.165) is 12.1 Å². The van der Waals surface area contributed by atoms with Gasteiger partial charge in [-0.1, -0.05) is 12.1 Å². The molecule has 0 radical (unpaired) electrons. The van der Waals surface area contributed by atoms with Gasteiger partial charge in [0.1, 0.15) is 0 Å². The zero-order chi connectivity index (χ0) is 10.5. The van der Waals surface area contributed by atoms with Crippen LogP contribution >= 0.6 is 0 Å². The smallest absolute Gasteiger partial charge is 0.0991 e. The van der Waals surface area contributed by atoms with Crippen molar-refractivity contribution < 1.29 is 0 Å². The molecule has 0 saturated heterocycles. The van der Waals surface area contributed by atoms with Crippen LogP contribution in [0, 0.1) is 11.3 Å². The van der Waals surface area contributed by atoms with Crippen LogP contribution < -0.4 is 5.43 Å². The first kappa shape index (κ1) is 9.35. The minimum absolute atomic E-state index is 0.694. The Balaban J connectivity index is 1.97. The van der Waals surface area contributed by atoms with E-state index in [-0.39, 0.29) is 0 Å². The number of benzene rings is 1. The van der Waals surface area contributed by atoms with Gasteiger partial charge < -0.3 is 5.43 Å². The topological polar surface area (TPSA) is 40.8 Å². The molecule has 0 amide bonds. The fraction of sp³-hybridized carbons (Fsp3) is 0.0833. The Bertz CT molecular complexity index is 449. The number of nitrogens with one attached hydrogen (secondary N) is 1. The molecule has 1 aromatic heterocycles. The summed E-state index contributed by atoms with van der Waals surface area (Å²) in [5.74, 6) is 0. The van der Waals surface area contributed by atoms with Crippen LogP contribution in [-0.4, -0.2) is 4.68 Å². The molecule has 3 nitrogen and oxygen atoms in total. The summed E-state index contributed by atoms with van der Waals surface area (Å²) in [6.45, 7) is 0.750. The average molecular weight is 197 g/mol. The largest absolute Gasteiger partial charge is 0.322 e. The molecular formula is C12H11N3. The highest BCUT2D eigenvalue weighted by Crippen LogP contribution is 2.03. The van der Waals surface area contributed by atoms with Crippen LogP contribution in [0.15, 0.2) is 48.8 Å². The van der Waals surface area contributed by atoms with Gasteiger partial charge in [-0.25, -0.2) is 0 Å². The quantitative estimate of drug-likeness (QED) is 0.818. The van der Waals surface area contributed by atoms with E-state index < -0.39 is 0 Å². The second-order valence-corrected chi connectivity index (χ2v) is 3.23. The number of nitrogens with zero attached hydrogens (tertiary/aromatic N) is 2. The maximum Gasteiger partial charge on any atom is 0.0991 e. The third-order valence-corrected chi connectivity index (χ3v) is 2.15. The minimum atomic E-state index is 0.694. The lowest BCUT2D eigenvalue weighted by Crippen LogP contribution is -2.11. The molecule has 74 valence electrons. The number of hydrogen-bond donors (Lipinski definition) is 1. The summed E-state index contributed by atoms with van der Waals surface area (Å²) in [6.07, 6.45) is 3.90. The third kappa shape index (κ3) is 2.38. The predicted molar refractivity (Wildman–Crippen MR) is 58.7 cm³/mol. The van der Waals surface area contributed by atoms with Crippen LogP contribution in [0.5, 0.6) is 0 Å². The van der Waals surface area contributed by atoms with E-state index in [0.29, 0.717) is 5.56 Å². The SMILES string of the molecule is N#Cc1ccc(CNn2cccc2)cc1. The molecule has 0 fully saturated rings. The molecule has 0 spiro atoms. The van der Waals surface area contributed by atoms with E-state index in [2.05, 4.69) is 11.5 Å². The summed E-state index contributed by atoms with van der Waals surface area (Å²) in [5, 5.41) is 8.64. The standard InChI is InChI=1S/C12H11N3/c13-9-11-3-5-12(6-4-11)10-14-15-7-1-2-8-15/h1-8,14H,10H2. The summed E-state index contributed by atoms with van der Waals surface area (Å²) in [4.78, 5) is 0. The Morgan fingerprint density at radius 2 is 1.80 bits per heavy atom. The van der Waals surface area contributed by atoms with Gasteiger partial charge in [0.25, 0.3) is 0 Å². The van der Waals surface area contributed by atoms with Crippen LogP contribution in [0.1, 0.15) is 11.1 Å². The Labute approximate surface area is 88.6 Å². The van der Waals surface area contributed by atoms with Gasteiger partial charge in [-0.3, -0.25) is 4.68 Å². The molecule has 0 atom stereocenters. The lowest BCUT2D eigenvalue weighted by Gasteiger charge is -2.07. The Hall–Kier alpha value is -2.21. The molecule has 3 heteroatoms. The molecule has 15 heavy (non-hydrogen) atoms. The van der Waals surface area contributed by atoms with Crippen molar-refractivity contribution in [3.8, 4) is 6.07 Å². The van der Waals surface area contributed by atoms with Gasteiger partial charge >= 0.3 is 0 Å². The predicted octanol–water partition coefficient (Wildman–Crippen LogP) is 2.10. The second kappa shape index (κ2) is 4.34. The van der Waals surface area contributed by atoms with Crippen molar-refractivity contribution in [1.29, 1.82) is 5.26 Å². The highest BCUT2D eigenvalue weighted by Gasteiger charge is 1.93. The Morgan fingerprint density at radius 3 is 2.40 bits per heavy atom. The van der Waals surface area contributed by atoms with Crippen LogP contribution in [0.25, 0.3) is 0 Å². The van der Waals surface area contributed by atoms with Gasteiger partial charge in [-0.15, -0.1) is 0 Å². The Morgan fingerprint density at radius 1 is 1.13 bits per heavy atom. The first-order chi connectivity index (χ1) is 7.38. The van der Waals surface area contributed by atoms with Crippen molar-refractivity contribution in [3.63, 3.8) is 0 Å². The highest BCUT2D eigenvalue weighted by atomic mass is 15.4. The number of aromatic nitrogens is 1. The summed E-state index contributed by atoms with van der Waals surface area (Å²) in [7, 11) is 0. The van der Waals surface area contributed by atoms with E-state index in [9.17, 15) is 0 Å². The van der Waals surface area contributed by atoms with E-state index in [1.54, 1.807) is 0 Å². The number of rotatable bonds is 3. The van der Waals surface area contributed by atoms with Gasteiger partial charge in [0.15, 0.2) is 0 Å². The first-order valence-corrected chi connectivity index (χ1v) is 4.74. The molecular weight excluding hydrogens is 186 g/mol. The van der Waals surface area contributed by atoms with Crippen molar-refractivity contribution in [2.75, 3.05) is 5.43 Å². The van der Waals surface area contributed by atoms with Gasteiger partial charge in [-0.2, -0.15) is 5.26 Å². The Kier molecular flexibility index (Phi) is 2.70. The molecule has 2 aromatic rings. The lowest BCUT2D eigenvalue weighted by atomic mass is 10.1. The van der Waals surface area contributed by atoms with Crippen molar-refractivity contribution in [1.82, 2.24) is 4.68 Å². The molecule has 0 aliphatic rings. The van der Waals surface area contributed by atoms with E-state index in [4.69, 9.17) is 5.26 Å². The van der Waals surface area contributed by atoms with Crippen LogP contribution in [-0.2, 0) is 6.54 Å². The first-order valence-electron chi connectivity index (χ1n) is 4.74. The van der Waals surface area contributed by atoms with Crippen molar-refractivity contribution in [2.24, 2.45) is 0 Å². The molecule has 1 heterocycles. The fourth-order valence-electron chi connectivity index (χ4n) is 1.32. The summed E-state index contributed by atoms with van der Waals surface area (Å²) >= 11 is 0. The molecule has 1 aromatic carbocycles. The van der Waals surface area contributed by atoms with Crippen molar-refractivity contribution in [3.05, 3.63) is 59.9 Å². The van der Waals surface area contributed by atoms with Crippen molar-refractivity contribution in [2.45, 2.75) is 6.54 Å². The van der Waals surface area contributed by atoms with E-state index in [1.165, 1.54) is 0 Å². The molecule has 0 aliphatic heterocycles. The maximum atomic E-state index is 8.64. The average Bonchev–Trinajstić information content (AvgIpc) is 2.80. The number of nitriles is 1. The maximum absolute atomic E-state index is 8.64. The lowest BCUT2D eigenvalue weighted by molar-refractivity contribution is 0.847. The zero-order valence-electron chi connectivity index (χ0n) is 8.22.